The average molecular weight is 285 g/mol. The molecule has 92 valence electrons. The van der Waals surface area contributed by atoms with E-state index in [4.69, 9.17) is 0 Å². The summed E-state index contributed by atoms with van der Waals surface area (Å²) < 4.78 is 0.483. The highest BCUT2D eigenvalue weighted by Crippen LogP contribution is 2.53. The van der Waals surface area contributed by atoms with Crippen molar-refractivity contribution in [3.05, 3.63) is 12.2 Å². The molecule has 0 aromatic heterocycles. The van der Waals surface area contributed by atoms with Crippen LogP contribution in [0, 0.1) is 11.8 Å². The first kappa shape index (κ1) is 12.7. The number of hydrogen-bond donors (Lipinski definition) is 0. The first-order chi connectivity index (χ1) is 7.74. The predicted octanol–water partition coefficient (Wildman–Crippen LogP) is 5.47. The molecule has 3 atom stereocenters. The second-order valence-electron chi connectivity index (χ2n) is 5.74. The Labute approximate surface area is 109 Å². The molecule has 0 aliphatic heterocycles. The van der Waals surface area contributed by atoms with Crippen LogP contribution in [0.25, 0.3) is 0 Å². The van der Waals surface area contributed by atoms with Crippen molar-refractivity contribution < 1.29 is 0 Å². The van der Waals surface area contributed by atoms with Gasteiger partial charge in [-0.15, -0.1) is 0 Å². The van der Waals surface area contributed by atoms with Gasteiger partial charge in [-0.3, -0.25) is 0 Å². The Morgan fingerprint density at radius 1 is 1.12 bits per heavy atom. The Morgan fingerprint density at radius 3 is 2.50 bits per heavy atom. The van der Waals surface area contributed by atoms with Crippen molar-refractivity contribution in [2.24, 2.45) is 11.8 Å². The number of hydrogen-bond acceptors (Lipinski definition) is 0. The summed E-state index contributed by atoms with van der Waals surface area (Å²) in [5.74, 6) is 1.73. The normalized spacial score (nSPS) is 36.1. The number of fused-ring (bicyclic) bond motifs is 2. The van der Waals surface area contributed by atoms with Gasteiger partial charge in [0.15, 0.2) is 0 Å². The second kappa shape index (κ2) is 5.71. The molecule has 2 aliphatic carbocycles. The molecule has 2 aliphatic rings. The minimum absolute atomic E-state index is 0.483. The molecule has 0 nitrogen and oxygen atoms in total. The summed E-state index contributed by atoms with van der Waals surface area (Å²) in [6, 6.07) is 0. The fraction of sp³-hybridized carbons (Fsp3) is 0.867. The molecule has 0 heterocycles. The molecular formula is C15H25Br. The van der Waals surface area contributed by atoms with Gasteiger partial charge in [-0.1, -0.05) is 73.5 Å². The van der Waals surface area contributed by atoms with Crippen LogP contribution in [0.5, 0.6) is 0 Å². The molecule has 0 spiro atoms. The third-order valence-electron chi connectivity index (χ3n) is 4.38. The predicted molar refractivity (Wildman–Crippen MR) is 75.0 cm³/mol. The van der Waals surface area contributed by atoms with E-state index in [2.05, 4.69) is 35.0 Å². The summed E-state index contributed by atoms with van der Waals surface area (Å²) in [6.07, 6.45) is 17.6. The van der Waals surface area contributed by atoms with Crippen LogP contribution in [0.2, 0.25) is 0 Å². The fourth-order valence-corrected chi connectivity index (χ4v) is 4.42. The lowest BCUT2D eigenvalue weighted by Crippen LogP contribution is -2.25. The highest BCUT2D eigenvalue weighted by molar-refractivity contribution is 9.10. The topological polar surface area (TPSA) is 0 Å². The molecular weight excluding hydrogens is 260 g/mol. The van der Waals surface area contributed by atoms with E-state index in [1.54, 1.807) is 0 Å². The van der Waals surface area contributed by atoms with Crippen molar-refractivity contribution in [3.8, 4) is 0 Å². The van der Waals surface area contributed by atoms with Crippen molar-refractivity contribution in [2.75, 3.05) is 0 Å². The molecule has 0 saturated heterocycles. The summed E-state index contributed by atoms with van der Waals surface area (Å²) >= 11 is 4.03. The van der Waals surface area contributed by atoms with Crippen LogP contribution >= 0.6 is 15.9 Å². The highest BCUT2D eigenvalue weighted by atomic mass is 79.9. The van der Waals surface area contributed by atoms with Crippen molar-refractivity contribution in [3.63, 3.8) is 0 Å². The first-order valence-corrected chi connectivity index (χ1v) is 7.91. The van der Waals surface area contributed by atoms with E-state index in [-0.39, 0.29) is 0 Å². The molecule has 1 heteroatoms. The molecule has 0 amide bonds. The zero-order chi connectivity index (χ0) is 11.4. The minimum Gasteiger partial charge on any atom is -0.0850 e. The molecule has 0 aromatic carbocycles. The largest absolute Gasteiger partial charge is 0.0850 e. The van der Waals surface area contributed by atoms with Gasteiger partial charge in [-0.05, 0) is 31.1 Å². The Kier molecular flexibility index (Phi) is 4.52. The lowest BCUT2D eigenvalue weighted by Gasteiger charge is -2.29. The van der Waals surface area contributed by atoms with E-state index in [1.807, 2.05) is 0 Å². The number of unbranched alkanes of at least 4 members (excludes halogenated alkanes) is 5. The van der Waals surface area contributed by atoms with Crippen LogP contribution in [0.1, 0.15) is 64.7 Å². The molecule has 3 unspecified atom stereocenters. The quantitative estimate of drug-likeness (QED) is 0.331. The van der Waals surface area contributed by atoms with Crippen LogP contribution in [0.4, 0.5) is 0 Å². The SMILES string of the molecule is CCCCCCCCC1(Br)CC2C=CC1C2. The van der Waals surface area contributed by atoms with E-state index in [9.17, 15) is 0 Å². The van der Waals surface area contributed by atoms with E-state index >= 15 is 0 Å². The molecule has 16 heavy (non-hydrogen) atoms. The highest BCUT2D eigenvalue weighted by Gasteiger charge is 2.45. The third-order valence-corrected chi connectivity index (χ3v) is 5.69. The zero-order valence-corrected chi connectivity index (χ0v) is 12.1. The van der Waals surface area contributed by atoms with Gasteiger partial charge in [0.05, 0.1) is 0 Å². The van der Waals surface area contributed by atoms with Crippen molar-refractivity contribution in [1.82, 2.24) is 0 Å². The van der Waals surface area contributed by atoms with Crippen molar-refractivity contribution in [1.29, 1.82) is 0 Å². The number of rotatable bonds is 7. The van der Waals surface area contributed by atoms with Crippen LogP contribution in [-0.4, -0.2) is 4.32 Å². The molecule has 0 radical (unpaired) electrons. The fourth-order valence-electron chi connectivity index (χ4n) is 3.38. The molecule has 2 rings (SSSR count). The minimum atomic E-state index is 0.483. The monoisotopic (exact) mass is 284 g/mol. The van der Waals surface area contributed by atoms with Gasteiger partial charge in [0, 0.05) is 4.32 Å². The van der Waals surface area contributed by atoms with E-state index in [1.165, 1.54) is 57.8 Å². The summed E-state index contributed by atoms with van der Waals surface area (Å²) in [5, 5.41) is 0. The van der Waals surface area contributed by atoms with Gasteiger partial charge in [-0.25, -0.2) is 0 Å². The smallest absolute Gasteiger partial charge is 0.0326 e. The summed E-state index contributed by atoms with van der Waals surface area (Å²) in [6.45, 7) is 2.29. The Bertz CT molecular complexity index is 246. The molecule has 1 saturated carbocycles. The average Bonchev–Trinajstić information content (AvgIpc) is 2.83. The maximum atomic E-state index is 4.03. The summed E-state index contributed by atoms with van der Waals surface area (Å²) in [4.78, 5) is 0. The summed E-state index contributed by atoms with van der Waals surface area (Å²) in [5.41, 5.74) is 0. The Hall–Kier alpha value is 0.220. The van der Waals surface area contributed by atoms with E-state index in [0.29, 0.717) is 4.32 Å². The van der Waals surface area contributed by atoms with E-state index < -0.39 is 0 Å². The van der Waals surface area contributed by atoms with Crippen LogP contribution in [0.15, 0.2) is 12.2 Å². The van der Waals surface area contributed by atoms with Gasteiger partial charge in [0.1, 0.15) is 0 Å². The van der Waals surface area contributed by atoms with Crippen LogP contribution in [-0.2, 0) is 0 Å². The van der Waals surface area contributed by atoms with Gasteiger partial charge < -0.3 is 0 Å². The number of alkyl halides is 1. The first-order valence-electron chi connectivity index (χ1n) is 7.12. The van der Waals surface area contributed by atoms with Crippen molar-refractivity contribution in [2.45, 2.75) is 69.0 Å². The lowest BCUT2D eigenvalue weighted by molar-refractivity contribution is 0.447. The Balaban J connectivity index is 1.61. The van der Waals surface area contributed by atoms with Gasteiger partial charge >= 0.3 is 0 Å². The van der Waals surface area contributed by atoms with Crippen LogP contribution in [0.3, 0.4) is 0 Å². The Morgan fingerprint density at radius 2 is 1.88 bits per heavy atom. The molecule has 1 fully saturated rings. The second-order valence-corrected chi connectivity index (χ2v) is 7.32. The van der Waals surface area contributed by atoms with Gasteiger partial charge in [0.25, 0.3) is 0 Å². The summed E-state index contributed by atoms with van der Waals surface area (Å²) in [7, 11) is 0. The number of halogens is 1. The lowest BCUT2D eigenvalue weighted by atomic mass is 9.88. The van der Waals surface area contributed by atoms with E-state index in [0.717, 1.165) is 11.8 Å². The van der Waals surface area contributed by atoms with Gasteiger partial charge in [0.2, 0.25) is 0 Å². The van der Waals surface area contributed by atoms with Crippen molar-refractivity contribution >= 4 is 15.9 Å². The molecule has 0 aromatic rings. The maximum absolute atomic E-state index is 4.03. The maximum Gasteiger partial charge on any atom is 0.0326 e. The standard InChI is InChI=1S/C15H25Br/c1-2-3-4-5-6-7-10-15(16)12-13-8-9-14(15)11-13/h8-9,13-14H,2-7,10-12H2,1H3. The third kappa shape index (κ3) is 2.91. The van der Waals surface area contributed by atoms with Gasteiger partial charge in [-0.2, -0.15) is 0 Å². The molecule has 2 bridgehead atoms. The van der Waals surface area contributed by atoms with Crippen LogP contribution < -0.4 is 0 Å². The molecule has 0 N–H and O–H groups in total. The zero-order valence-electron chi connectivity index (χ0n) is 10.6. The number of allylic oxidation sites excluding steroid dienone is 2.